The van der Waals surface area contributed by atoms with E-state index in [4.69, 9.17) is 0 Å². The van der Waals surface area contributed by atoms with Crippen LogP contribution in [0.25, 0.3) is 0 Å². The molecule has 1 N–H and O–H groups in total. The molecule has 0 spiro atoms. The maximum absolute atomic E-state index is 12.8. The fourth-order valence-electron chi connectivity index (χ4n) is 2.82. The maximum Gasteiger partial charge on any atom is 0.264 e. The van der Waals surface area contributed by atoms with Crippen molar-refractivity contribution in [1.82, 2.24) is 5.32 Å². The van der Waals surface area contributed by atoms with Crippen LogP contribution in [-0.4, -0.2) is 21.4 Å². The second-order valence-electron chi connectivity index (χ2n) is 6.44. The van der Waals surface area contributed by atoms with E-state index in [9.17, 15) is 13.2 Å². The van der Waals surface area contributed by atoms with Crippen LogP contribution in [-0.2, 0) is 10.0 Å². The summed E-state index contributed by atoms with van der Waals surface area (Å²) in [7, 11) is -2.19. The molecule has 0 bridgehead atoms. The van der Waals surface area contributed by atoms with Gasteiger partial charge in [0.15, 0.2) is 0 Å². The zero-order valence-corrected chi connectivity index (χ0v) is 16.6. The molecule has 28 heavy (non-hydrogen) atoms. The molecule has 5 nitrogen and oxygen atoms in total. The van der Waals surface area contributed by atoms with Gasteiger partial charge in [0.05, 0.1) is 16.6 Å². The van der Waals surface area contributed by atoms with Crippen molar-refractivity contribution in [2.45, 2.75) is 17.9 Å². The average molecular weight is 394 g/mol. The largest absolute Gasteiger partial charge is 0.346 e. The lowest BCUT2D eigenvalue weighted by Gasteiger charge is -2.19. The normalized spacial score (nSPS) is 12.2. The summed E-state index contributed by atoms with van der Waals surface area (Å²) in [6.07, 6.45) is 0. The van der Waals surface area contributed by atoms with Crippen LogP contribution in [0.2, 0.25) is 0 Å². The summed E-state index contributed by atoms with van der Waals surface area (Å²) in [6.45, 7) is 1.90. The Bertz CT molecular complexity index is 1030. The van der Waals surface area contributed by atoms with Gasteiger partial charge >= 0.3 is 0 Å². The van der Waals surface area contributed by atoms with Gasteiger partial charge in [0, 0.05) is 12.6 Å². The number of benzene rings is 3. The summed E-state index contributed by atoms with van der Waals surface area (Å²) < 4.78 is 26.8. The number of rotatable bonds is 6. The molecule has 1 amide bonds. The predicted molar refractivity (Wildman–Crippen MR) is 111 cm³/mol. The maximum atomic E-state index is 12.8. The molecule has 0 aliphatic carbocycles. The summed E-state index contributed by atoms with van der Waals surface area (Å²) in [5, 5.41) is 2.92. The lowest BCUT2D eigenvalue weighted by atomic mass is 10.1. The number of hydrogen-bond donors (Lipinski definition) is 1. The Kier molecular flexibility index (Phi) is 5.80. The Morgan fingerprint density at radius 3 is 1.96 bits per heavy atom. The highest BCUT2D eigenvalue weighted by Gasteiger charge is 2.21. The standard InChI is InChI=1S/C22H22N2O3S/c1-17(18-9-5-3-6-10-18)23-22(25)19-13-15-21(16-14-19)28(26,27)24(2)20-11-7-4-8-12-20/h3-17H,1-2H3,(H,23,25). The van der Waals surface area contributed by atoms with Gasteiger partial charge in [0.2, 0.25) is 0 Å². The van der Waals surface area contributed by atoms with Gasteiger partial charge in [-0.15, -0.1) is 0 Å². The number of carbonyl (C=O) groups is 1. The Hall–Kier alpha value is -3.12. The first-order valence-corrected chi connectivity index (χ1v) is 10.3. The zero-order valence-electron chi connectivity index (χ0n) is 15.7. The van der Waals surface area contributed by atoms with E-state index in [1.165, 1.54) is 35.6 Å². The van der Waals surface area contributed by atoms with Gasteiger partial charge in [-0.1, -0.05) is 48.5 Å². The van der Waals surface area contributed by atoms with Crippen LogP contribution in [0.4, 0.5) is 5.69 Å². The van der Waals surface area contributed by atoms with Crippen LogP contribution in [0.1, 0.15) is 28.9 Å². The first-order chi connectivity index (χ1) is 13.4. The minimum atomic E-state index is -3.70. The minimum absolute atomic E-state index is 0.131. The number of hydrogen-bond acceptors (Lipinski definition) is 3. The summed E-state index contributed by atoms with van der Waals surface area (Å²) >= 11 is 0. The van der Waals surface area contributed by atoms with E-state index >= 15 is 0 Å². The quantitative estimate of drug-likeness (QED) is 0.687. The summed E-state index contributed by atoms with van der Waals surface area (Å²) in [6, 6.07) is 24.3. The molecule has 1 unspecified atom stereocenters. The van der Waals surface area contributed by atoms with Crippen molar-refractivity contribution in [3.8, 4) is 0 Å². The zero-order chi connectivity index (χ0) is 20.1. The lowest BCUT2D eigenvalue weighted by molar-refractivity contribution is 0.0940. The number of para-hydroxylation sites is 1. The molecular formula is C22H22N2O3S. The van der Waals surface area contributed by atoms with Gasteiger partial charge in [-0.05, 0) is 48.9 Å². The lowest BCUT2D eigenvalue weighted by Crippen LogP contribution is -2.28. The van der Waals surface area contributed by atoms with Crippen molar-refractivity contribution in [3.05, 3.63) is 96.1 Å². The van der Waals surface area contributed by atoms with Crippen molar-refractivity contribution in [3.63, 3.8) is 0 Å². The van der Waals surface area contributed by atoms with Crippen LogP contribution in [0.15, 0.2) is 89.8 Å². The molecule has 3 aromatic rings. The first kappa shape index (κ1) is 19.6. The average Bonchev–Trinajstić information content (AvgIpc) is 2.74. The predicted octanol–water partition coefficient (Wildman–Crippen LogP) is 4.00. The van der Waals surface area contributed by atoms with Crippen LogP contribution >= 0.6 is 0 Å². The van der Waals surface area contributed by atoms with E-state index in [2.05, 4.69) is 5.32 Å². The Morgan fingerprint density at radius 1 is 0.857 bits per heavy atom. The molecule has 144 valence electrons. The summed E-state index contributed by atoms with van der Waals surface area (Å²) in [5.41, 5.74) is 1.98. The number of nitrogens with one attached hydrogen (secondary N) is 1. The van der Waals surface area contributed by atoms with Crippen LogP contribution in [0, 0.1) is 0 Å². The van der Waals surface area contributed by atoms with Crippen molar-refractivity contribution < 1.29 is 13.2 Å². The van der Waals surface area contributed by atoms with Crippen LogP contribution in [0.5, 0.6) is 0 Å². The van der Waals surface area contributed by atoms with E-state index in [0.29, 0.717) is 11.3 Å². The van der Waals surface area contributed by atoms with Gasteiger partial charge in [-0.25, -0.2) is 8.42 Å². The van der Waals surface area contributed by atoms with Gasteiger partial charge in [0.25, 0.3) is 15.9 Å². The summed E-state index contributed by atoms with van der Waals surface area (Å²) in [5.74, 6) is -0.253. The number of carbonyl (C=O) groups excluding carboxylic acids is 1. The highest BCUT2D eigenvalue weighted by atomic mass is 32.2. The van der Waals surface area contributed by atoms with Crippen LogP contribution in [0.3, 0.4) is 0 Å². The smallest absolute Gasteiger partial charge is 0.264 e. The van der Waals surface area contributed by atoms with Gasteiger partial charge in [0.1, 0.15) is 0 Å². The van der Waals surface area contributed by atoms with E-state index in [-0.39, 0.29) is 16.8 Å². The number of anilines is 1. The SMILES string of the molecule is CC(NC(=O)c1ccc(S(=O)(=O)N(C)c2ccccc2)cc1)c1ccccc1. The molecule has 0 radical (unpaired) electrons. The molecule has 0 saturated carbocycles. The molecule has 3 rings (SSSR count). The third-order valence-corrected chi connectivity index (χ3v) is 6.34. The first-order valence-electron chi connectivity index (χ1n) is 8.89. The van der Waals surface area contributed by atoms with E-state index in [0.717, 1.165) is 5.56 Å². The number of sulfonamides is 1. The highest BCUT2D eigenvalue weighted by molar-refractivity contribution is 7.92. The van der Waals surface area contributed by atoms with Crippen molar-refractivity contribution in [1.29, 1.82) is 0 Å². The van der Waals surface area contributed by atoms with Gasteiger partial charge < -0.3 is 5.32 Å². The van der Waals surface area contributed by atoms with Crippen molar-refractivity contribution in [2.75, 3.05) is 11.4 Å². The van der Waals surface area contributed by atoms with Crippen molar-refractivity contribution >= 4 is 21.6 Å². The van der Waals surface area contributed by atoms with Gasteiger partial charge in [-0.3, -0.25) is 9.10 Å². The second kappa shape index (κ2) is 8.27. The second-order valence-corrected chi connectivity index (χ2v) is 8.41. The van der Waals surface area contributed by atoms with Crippen LogP contribution < -0.4 is 9.62 Å². The Morgan fingerprint density at radius 2 is 1.39 bits per heavy atom. The minimum Gasteiger partial charge on any atom is -0.346 e. The fraction of sp³-hybridized carbons (Fsp3) is 0.136. The molecule has 0 aromatic heterocycles. The molecule has 0 saturated heterocycles. The molecule has 0 heterocycles. The van der Waals surface area contributed by atoms with E-state index in [1.807, 2.05) is 43.3 Å². The highest BCUT2D eigenvalue weighted by Crippen LogP contribution is 2.22. The molecule has 1 atom stereocenters. The molecule has 0 aliphatic rings. The Labute approximate surface area is 165 Å². The third-order valence-electron chi connectivity index (χ3n) is 4.54. The van der Waals surface area contributed by atoms with Crippen molar-refractivity contribution in [2.24, 2.45) is 0 Å². The number of amides is 1. The monoisotopic (exact) mass is 394 g/mol. The van der Waals surface area contributed by atoms with E-state index < -0.39 is 10.0 Å². The Balaban J connectivity index is 1.75. The van der Waals surface area contributed by atoms with Gasteiger partial charge in [-0.2, -0.15) is 0 Å². The molecular weight excluding hydrogens is 372 g/mol. The van der Waals surface area contributed by atoms with E-state index in [1.54, 1.807) is 24.3 Å². The molecule has 0 fully saturated rings. The molecule has 3 aromatic carbocycles. The third kappa shape index (κ3) is 4.23. The number of nitrogens with zero attached hydrogens (tertiary/aromatic N) is 1. The summed E-state index contributed by atoms with van der Waals surface area (Å²) in [4.78, 5) is 12.6. The molecule has 0 aliphatic heterocycles. The topological polar surface area (TPSA) is 66.5 Å². The molecule has 6 heteroatoms. The fourth-order valence-corrected chi connectivity index (χ4v) is 4.01.